The molecule has 12 rings (SSSR count). The maximum atomic E-state index is 14.0. The molecule has 0 bridgehead atoms. The number of piperazine rings is 2. The Morgan fingerprint density at radius 2 is 1.01 bits per heavy atom. The molecule has 516 valence electrons. The number of hydrogen-bond donors (Lipinski definition) is 8. The van der Waals surface area contributed by atoms with Crippen molar-refractivity contribution in [2.75, 3.05) is 58.9 Å². The van der Waals surface area contributed by atoms with Crippen LogP contribution in [0.1, 0.15) is 77.5 Å². The fraction of sp³-hybridized carbons (Fsp3) is 0.269. The Kier molecular flexibility index (Phi) is 25.2. The zero-order valence-corrected chi connectivity index (χ0v) is 56.0. The van der Waals surface area contributed by atoms with Gasteiger partial charge in [-0.2, -0.15) is 0 Å². The molecule has 4 heterocycles. The van der Waals surface area contributed by atoms with Crippen molar-refractivity contribution < 1.29 is 48.7 Å². The van der Waals surface area contributed by atoms with E-state index in [-0.39, 0.29) is 72.2 Å². The first kappa shape index (κ1) is 72.1. The number of benzene rings is 8. The van der Waals surface area contributed by atoms with E-state index >= 15 is 0 Å². The lowest BCUT2D eigenvalue weighted by atomic mass is 10.0. The zero-order valence-electron chi connectivity index (χ0n) is 56.0. The van der Waals surface area contributed by atoms with Crippen molar-refractivity contribution in [2.45, 2.75) is 97.0 Å². The van der Waals surface area contributed by atoms with Crippen LogP contribution in [0, 0.1) is 25.5 Å². The summed E-state index contributed by atoms with van der Waals surface area (Å²) in [5.41, 5.74) is 28.4. The number of phenolic OH excluding ortho intramolecular Hbond substituents is 4. The summed E-state index contributed by atoms with van der Waals surface area (Å²) in [5.74, 6) is -1.30. The summed E-state index contributed by atoms with van der Waals surface area (Å²) >= 11 is 0. The van der Waals surface area contributed by atoms with E-state index in [0.29, 0.717) is 55.3 Å². The third-order valence-electron chi connectivity index (χ3n) is 17.3. The first-order chi connectivity index (χ1) is 47.6. The average molecular weight is 1340 g/mol. The van der Waals surface area contributed by atoms with Crippen LogP contribution in [0.5, 0.6) is 23.0 Å². The van der Waals surface area contributed by atoms with Crippen molar-refractivity contribution in [3.63, 3.8) is 0 Å². The molecule has 2 aliphatic heterocycles. The molecular formula is C78H87F2N11O8. The molecule has 3 unspecified atom stereocenters. The number of anilines is 4. The molecule has 2 fully saturated rings. The van der Waals surface area contributed by atoms with Gasteiger partial charge in [0.25, 0.3) is 0 Å². The number of hydrogen-bond acceptors (Lipinski definition) is 14. The highest BCUT2D eigenvalue weighted by atomic mass is 19.1. The summed E-state index contributed by atoms with van der Waals surface area (Å²) < 4.78 is 31.5. The van der Waals surface area contributed by atoms with Crippen LogP contribution in [0.4, 0.5) is 31.5 Å². The van der Waals surface area contributed by atoms with Crippen LogP contribution in [-0.4, -0.2) is 120 Å². The van der Waals surface area contributed by atoms with Gasteiger partial charge in [0.2, 0.25) is 17.7 Å². The Hall–Kier alpha value is -11.2. The number of halogens is 2. The number of aromatic nitrogens is 4. The highest BCUT2D eigenvalue weighted by Crippen LogP contribution is 2.33. The number of aliphatic hydroxyl groups excluding tert-OH is 1. The summed E-state index contributed by atoms with van der Waals surface area (Å²) in [6, 6.07) is 59.3. The van der Waals surface area contributed by atoms with Gasteiger partial charge in [-0.05, 0) is 129 Å². The molecule has 3 atom stereocenters. The van der Waals surface area contributed by atoms with E-state index in [2.05, 4.69) is 59.9 Å². The van der Waals surface area contributed by atoms with Crippen LogP contribution in [0.2, 0.25) is 0 Å². The zero-order chi connectivity index (χ0) is 70.5. The molecular weight excluding hydrogens is 1260 g/mol. The van der Waals surface area contributed by atoms with Crippen LogP contribution in [0.3, 0.4) is 0 Å². The first-order valence-electron chi connectivity index (χ1n) is 33.0. The molecule has 3 amide bonds. The van der Waals surface area contributed by atoms with Gasteiger partial charge in [0.05, 0.1) is 55.4 Å². The molecule has 99 heavy (non-hydrogen) atoms. The van der Waals surface area contributed by atoms with Gasteiger partial charge in [0, 0.05) is 134 Å². The number of para-hydroxylation sites is 2. The van der Waals surface area contributed by atoms with Gasteiger partial charge >= 0.3 is 0 Å². The number of rotatable bonds is 21. The summed E-state index contributed by atoms with van der Waals surface area (Å²) in [4.78, 5) is 52.2. The maximum absolute atomic E-state index is 14.0. The van der Waals surface area contributed by atoms with Gasteiger partial charge < -0.3 is 71.5 Å². The molecule has 10 aromatic rings. The number of amides is 3. The average Bonchev–Trinajstić information content (AvgIpc) is 1.17. The Bertz CT molecular complexity index is 4250. The fourth-order valence-electron chi connectivity index (χ4n) is 12.5. The molecule has 8 aromatic carbocycles. The highest BCUT2D eigenvalue weighted by molar-refractivity contribution is 5.76. The number of aryl methyl sites for hydroxylation is 2. The Morgan fingerprint density at radius 3 is 1.54 bits per heavy atom. The van der Waals surface area contributed by atoms with Crippen molar-refractivity contribution >= 4 is 40.5 Å². The largest absolute Gasteiger partial charge is 0.508 e. The smallest absolute Gasteiger partial charge is 0.223 e. The number of primary amides is 3. The van der Waals surface area contributed by atoms with E-state index in [9.17, 15) is 48.7 Å². The lowest BCUT2D eigenvalue weighted by Gasteiger charge is -2.44. The third-order valence-corrected chi connectivity index (χ3v) is 17.3. The topological polar surface area (TPSA) is 279 Å². The molecule has 2 aromatic heterocycles. The van der Waals surface area contributed by atoms with Crippen molar-refractivity contribution in [2.24, 2.45) is 17.2 Å². The van der Waals surface area contributed by atoms with E-state index in [4.69, 9.17) is 17.2 Å². The summed E-state index contributed by atoms with van der Waals surface area (Å²) in [5, 5.41) is 48.8. The highest BCUT2D eigenvalue weighted by Gasteiger charge is 2.30. The molecule has 21 heteroatoms. The van der Waals surface area contributed by atoms with Crippen LogP contribution < -0.4 is 36.8 Å². The standard InChI is InChI=1S/2C20H25N3O2.C19H18FN3O2.C19H19FN2O2/c1-15-7-9-18(24)13-19(15)23-12-11-22(16-5-3-2-4-6-16)14-17(23)8-10-20(21)25;1-15-11-18(13-19(24)12-15)23-10-9-22(16-5-3-2-4-6-16)14-17(23)7-8-20(21)25;20-16-7-6-15(24)9-14(16)11-23-12-22-17(18(23)10-19(21)25)8-13-4-2-1-3-5-13;1-13(23)9-18-19(14-5-3-2-4-6-14)21-12-22(18)11-15-10-16(24)7-8-17(15)20/h2-7,9,13,17,24H,8,10-12,14H2,1H3,(H2,21,25);2-6,11-13,17,24H,7-10,14H2,1H3,(H2,21,25);1-7,9,12,24H,8,10-11H2,(H2,21,25);2-8,10,12-13,23-24H,9,11H2,1H3. The minimum absolute atomic E-state index is 0.0162. The number of nitrogens with zero attached hydrogens (tertiary/aromatic N) is 8. The SMILES string of the molecule is CC(O)Cc1c(-c2ccccc2)ncn1Cc1cc(O)ccc1F.Cc1cc(O)cc(N2CCN(c3ccccc3)CC2CCC(N)=O)c1.Cc1ccc(O)cc1N1CCN(c2ccccc2)CC1CCC(N)=O.NC(=O)Cc1c(Cc2ccccc2)ncn1Cc1cc(O)ccc1F. The van der Waals surface area contributed by atoms with Crippen molar-refractivity contribution in [1.29, 1.82) is 0 Å². The van der Waals surface area contributed by atoms with Gasteiger partial charge in [-0.3, -0.25) is 14.4 Å². The Morgan fingerprint density at radius 1 is 0.525 bits per heavy atom. The second kappa shape index (κ2) is 34.7. The van der Waals surface area contributed by atoms with E-state index < -0.39 is 17.8 Å². The normalized spacial score (nSPS) is 14.6. The molecule has 0 aliphatic carbocycles. The second-order valence-electron chi connectivity index (χ2n) is 25.0. The number of aromatic hydroxyl groups is 4. The van der Waals surface area contributed by atoms with Crippen LogP contribution >= 0.6 is 0 Å². The minimum Gasteiger partial charge on any atom is -0.508 e. The number of imidazole rings is 2. The molecule has 19 nitrogen and oxygen atoms in total. The van der Waals surface area contributed by atoms with Gasteiger partial charge in [-0.15, -0.1) is 0 Å². The summed E-state index contributed by atoms with van der Waals surface area (Å²) in [6.07, 6.45) is 5.78. The maximum Gasteiger partial charge on any atom is 0.223 e. The molecule has 0 saturated carbocycles. The number of phenols is 4. The molecule has 0 spiro atoms. The Balaban J connectivity index is 0.000000154. The minimum atomic E-state index is -0.545. The molecule has 0 radical (unpaired) electrons. The second-order valence-corrected chi connectivity index (χ2v) is 25.0. The van der Waals surface area contributed by atoms with Gasteiger partial charge in [-0.1, -0.05) is 103 Å². The van der Waals surface area contributed by atoms with E-state index in [1.165, 1.54) is 47.8 Å². The van der Waals surface area contributed by atoms with Crippen molar-refractivity contribution in [1.82, 2.24) is 19.1 Å². The summed E-state index contributed by atoms with van der Waals surface area (Å²) in [6.45, 7) is 11.2. The van der Waals surface area contributed by atoms with Gasteiger partial charge in [0.1, 0.15) is 34.6 Å². The summed E-state index contributed by atoms with van der Waals surface area (Å²) in [7, 11) is 0. The van der Waals surface area contributed by atoms with Gasteiger partial charge in [-0.25, -0.2) is 18.7 Å². The monoisotopic (exact) mass is 1340 g/mol. The van der Waals surface area contributed by atoms with Gasteiger partial charge in [0.15, 0.2) is 0 Å². The number of nitrogens with two attached hydrogens (primary N) is 3. The van der Waals surface area contributed by atoms with Crippen LogP contribution in [0.15, 0.2) is 207 Å². The number of aliphatic hydroxyl groups is 1. The van der Waals surface area contributed by atoms with E-state index in [0.717, 1.165) is 90.0 Å². The van der Waals surface area contributed by atoms with Crippen LogP contribution in [0.25, 0.3) is 11.3 Å². The fourth-order valence-corrected chi connectivity index (χ4v) is 12.5. The predicted molar refractivity (Wildman–Crippen MR) is 384 cm³/mol. The lowest BCUT2D eigenvalue weighted by molar-refractivity contribution is -0.119. The molecule has 2 saturated heterocycles. The first-order valence-corrected chi connectivity index (χ1v) is 33.0. The predicted octanol–water partition coefficient (Wildman–Crippen LogP) is 11.1. The molecule has 2 aliphatic rings. The quantitative estimate of drug-likeness (QED) is 0.0332. The number of carbonyl (C=O) groups is 3. The lowest BCUT2D eigenvalue weighted by Crippen LogP contribution is -2.54. The third kappa shape index (κ3) is 20.7. The van der Waals surface area contributed by atoms with Crippen molar-refractivity contribution in [3.05, 3.63) is 263 Å². The van der Waals surface area contributed by atoms with E-state index in [1.54, 1.807) is 42.3 Å². The Labute approximate surface area is 576 Å². The van der Waals surface area contributed by atoms with Crippen molar-refractivity contribution in [3.8, 4) is 34.3 Å². The van der Waals surface area contributed by atoms with E-state index in [1.807, 2.05) is 128 Å². The van der Waals surface area contributed by atoms with Crippen LogP contribution in [-0.2, 0) is 46.7 Å². The number of carbonyl (C=O) groups excluding carboxylic acids is 3. The molecule has 11 N–H and O–H groups in total.